The molecule has 1 aromatic rings. The van der Waals surface area contributed by atoms with Gasteiger partial charge >= 0.3 is 10.2 Å². The molecular formula is C24H29Cl3N4O4S. The Balaban J connectivity index is 1.31. The van der Waals surface area contributed by atoms with Gasteiger partial charge < -0.3 is 11.1 Å². The third-order valence-corrected chi connectivity index (χ3v) is 10.8. The molecule has 0 saturated heterocycles. The van der Waals surface area contributed by atoms with E-state index >= 15 is 0 Å². The maximum absolute atomic E-state index is 13.6. The van der Waals surface area contributed by atoms with Gasteiger partial charge in [-0.2, -0.15) is 12.7 Å². The third-order valence-electron chi connectivity index (χ3n) is 8.18. The van der Waals surface area contributed by atoms with E-state index in [0.717, 1.165) is 40.7 Å². The molecule has 196 valence electrons. The smallest absolute Gasteiger partial charge is 0.305 e. The second kappa shape index (κ2) is 9.66. The van der Waals surface area contributed by atoms with Crippen LogP contribution in [0.4, 0.5) is 5.69 Å². The minimum Gasteiger partial charge on any atom is -0.370 e. The van der Waals surface area contributed by atoms with E-state index in [1.807, 2.05) is 0 Å². The van der Waals surface area contributed by atoms with Crippen molar-refractivity contribution < 1.29 is 18.0 Å². The van der Waals surface area contributed by atoms with Gasteiger partial charge in [0.2, 0.25) is 11.8 Å². The highest BCUT2D eigenvalue weighted by Gasteiger charge is 2.56. The molecule has 2 unspecified atom stereocenters. The van der Waals surface area contributed by atoms with Crippen LogP contribution in [0.5, 0.6) is 0 Å². The van der Waals surface area contributed by atoms with Crippen LogP contribution in [0.25, 0.3) is 0 Å². The van der Waals surface area contributed by atoms with Gasteiger partial charge in [0.05, 0.1) is 28.8 Å². The molecule has 0 aromatic heterocycles. The summed E-state index contributed by atoms with van der Waals surface area (Å²) in [5.74, 6) is 0.520. The quantitative estimate of drug-likeness (QED) is 0.503. The van der Waals surface area contributed by atoms with Gasteiger partial charge in [-0.25, -0.2) is 0 Å². The fourth-order valence-corrected chi connectivity index (χ4v) is 9.88. The minimum absolute atomic E-state index is 0.0171. The van der Waals surface area contributed by atoms with Gasteiger partial charge in [0.25, 0.3) is 0 Å². The van der Waals surface area contributed by atoms with Crippen LogP contribution in [0.3, 0.4) is 0 Å². The summed E-state index contributed by atoms with van der Waals surface area (Å²) in [4.78, 5) is 24.9. The highest BCUT2D eigenvalue weighted by Crippen LogP contribution is 2.61. The highest BCUT2D eigenvalue weighted by atomic mass is 35.5. The van der Waals surface area contributed by atoms with Crippen molar-refractivity contribution in [2.45, 2.75) is 44.6 Å². The average Bonchev–Trinajstić information content (AvgIpc) is 2.87. The Labute approximate surface area is 226 Å². The zero-order valence-electron chi connectivity index (χ0n) is 19.6. The van der Waals surface area contributed by atoms with Crippen molar-refractivity contribution >= 4 is 62.5 Å². The maximum Gasteiger partial charge on any atom is 0.305 e. The number of anilines is 1. The van der Waals surface area contributed by atoms with Crippen molar-refractivity contribution in [1.29, 1.82) is 0 Å². The number of amides is 2. The second-order valence-corrected chi connectivity index (χ2v) is 13.8. The van der Waals surface area contributed by atoms with Gasteiger partial charge in [-0.05, 0) is 67.4 Å². The Bertz CT molecular complexity index is 1180. The first kappa shape index (κ1) is 26.1. The topological polar surface area (TPSA) is 113 Å². The van der Waals surface area contributed by atoms with Gasteiger partial charge in [0, 0.05) is 24.0 Å². The summed E-state index contributed by atoms with van der Waals surface area (Å²) in [5, 5.41) is 3.65. The summed E-state index contributed by atoms with van der Waals surface area (Å²) < 4.78 is 29.4. The van der Waals surface area contributed by atoms with E-state index in [4.69, 9.17) is 40.5 Å². The van der Waals surface area contributed by atoms with Crippen LogP contribution in [-0.2, 0) is 19.8 Å². The summed E-state index contributed by atoms with van der Waals surface area (Å²) >= 11 is 18.6. The molecule has 4 bridgehead atoms. The molecule has 0 spiro atoms. The number of hydrogen-bond acceptors (Lipinski definition) is 4. The number of nitrogens with zero attached hydrogens (tertiary/aromatic N) is 2. The van der Waals surface area contributed by atoms with Crippen molar-refractivity contribution in [3.05, 3.63) is 39.4 Å². The molecule has 12 heteroatoms. The van der Waals surface area contributed by atoms with E-state index in [0.29, 0.717) is 17.4 Å². The Morgan fingerprint density at radius 3 is 2.25 bits per heavy atom. The molecule has 36 heavy (non-hydrogen) atoms. The Kier molecular flexibility index (Phi) is 7.00. The number of nitrogens with one attached hydrogen (secondary N) is 1. The van der Waals surface area contributed by atoms with Crippen molar-refractivity contribution in [2.75, 3.05) is 23.9 Å². The van der Waals surface area contributed by atoms with Gasteiger partial charge in [-0.1, -0.05) is 47.0 Å². The largest absolute Gasteiger partial charge is 0.370 e. The summed E-state index contributed by atoms with van der Waals surface area (Å²) in [6, 6.07) is 2.85. The fraction of sp³-hybridized carbons (Fsp3) is 0.583. The van der Waals surface area contributed by atoms with Crippen LogP contribution in [0.15, 0.2) is 24.3 Å². The van der Waals surface area contributed by atoms with E-state index < -0.39 is 10.2 Å². The highest BCUT2D eigenvalue weighted by molar-refractivity contribution is 7.90. The molecule has 4 fully saturated rings. The predicted molar refractivity (Wildman–Crippen MR) is 140 cm³/mol. The molecule has 1 aromatic carbocycles. The van der Waals surface area contributed by atoms with Crippen molar-refractivity contribution in [2.24, 2.45) is 28.9 Å². The molecule has 4 aliphatic carbocycles. The van der Waals surface area contributed by atoms with Crippen LogP contribution in [0, 0.1) is 23.2 Å². The van der Waals surface area contributed by atoms with E-state index in [-0.39, 0.29) is 70.5 Å². The Morgan fingerprint density at radius 1 is 1.03 bits per heavy atom. The molecule has 0 radical (unpaired) electrons. The number of primary amides is 1. The van der Waals surface area contributed by atoms with Gasteiger partial charge in [-0.3, -0.25) is 13.9 Å². The standard InChI is InChI=1S/C24H29Cl3N4O4S/c25-17-7-18(26)23(19(27)8-17)31-4-2-1-3-30(36(31,34)35)13-21(33)29-22-15-5-14-6-16(22)11-24(9-14,10-15)12-20(28)32/h1-2,7-8,14-16,22H,3-6,9-13H2,(H2,28,32)(H,29,33). The molecule has 5 aliphatic rings. The van der Waals surface area contributed by atoms with Crippen molar-refractivity contribution in [3.8, 4) is 0 Å². The van der Waals surface area contributed by atoms with Crippen molar-refractivity contribution in [3.63, 3.8) is 0 Å². The van der Waals surface area contributed by atoms with E-state index in [1.165, 1.54) is 12.1 Å². The fourth-order valence-electron chi connectivity index (χ4n) is 7.22. The first-order chi connectivity index (χ1) is 17.0. The molecule has 4 saturated carbocycles. The van der Waals surface area contributed by atoms with Crippen LogP contribution in [0.2, 0.25) is 15.1 Å². The van der Waals surface area contributed by atoms with E-state index in [2.05, 4.69) is 5.32 Å². The zero-order valence-corrected chi connectivity index (χ0v) is 22.7. The first-order valence-corrected chi connectivity index (χ1v) is 14.7. The molecule has 1 heterocycles. The lowest BCUT2D eigenvalue weighted by Gasteiger charge is -2.60. The maximum atomic E-state index is 13.6. The second-order valence-electron chi connectivity index (χ2n) is 10.7. The van der Waals surface area contributed by atoms with Gasteiger partial charge in [-0.15, -0.1) is 0 Å². The third kappa shape index (κ3) is 4.85. The monoisotopic (exact) mass is 574 g/mol. The molecule has 2 atom stereocenters. The Morgan fingerprint density at radius 2 is 1.64 bits per heavy atom. The number of halogens is 3. The number of nitrogens with two attached hydrogens (primary N) is 1. The van der Waals surface area contributed by atoms with Crippen LogP contribution >= 0.6 is 34.8 Å². The molecule has 1 aliphatic heterocycles. The SMILES string of the molecule is NC(=O)CC12CC3CC(C1)C(NC(=O)CN1CC=CCN(c4c(Cl)cc(Cl)cc4Cl)S1(=O)=O)C(C3)C2. The predicted octanol–water partition coefficient (Wildman–Crippen LogP) is 3.76. The normalized spacial score (nSPS) is 32.9. The first-order valence-electron chi connectivity index (χ1n) is 12.1. The zero-order chi connectivity index (χ0) is 25.8. The number of benzene rings is 1. The number of carbonyl (C=O) groups excluding carboxylic acids is 2. The molecule has 8 nitrogen and oxygen atoms in total. The molecule has 2 amide bonds. The van der Waals surface area contributed by atoms with E-state index in [9.17, 15) is 18.0 Å². The van der Waals surface area contributed by atoms with E-state index in [1.54, 1.807) is 12.2 Å². The lowest BCUT2D eigenvalue weighted by Crippen LogP contribution is -2.60. The van der Waals surface area contributed by atoms with Crippen LogP contribution in [0.1, 0.15) is 38.5 Å². The van der Waals surface area contributed by atoms with Gasteiger partial charge in [0.15, 0.2) is 0 Å². The molecular weight excluding hydrogens is 547 g/mol. The summed E-state index contributed by atoms with van der Waals surface area (Å²) in [7, 11) is -4.11. The number of carbonyl (C=O) groups is 2. The number of hydrogen-bond donors (Lipinski definition) is 2. The average molecular weight is 576 g/mol. The summed E-state index contributed by atoms with van der Waals surface area (Å²) in [6.45, 7) is -0.244. The van der Waals surface area contributed by atoms with Crippen LogP contribution in [-0.4, -0.2) is 50.2 Å². The molecule has 6 rings (SSSR count). The minimum atomic E-state index is -4.11. The summed E-state index contributed by atoms with van der Waals surface area (Å²) in [6.07, 6.45) is 8.64. The number of rotatable bonds is 6. The lowest BCUT2D eigenvalue weighted by molar-refractivity contribution is -0.134. The van der Waals surface area contributed by atoms with Crippen molar-refractivity contribution in [1.82, 2.24) is 9.62 Å². The van der Waals surface area contributed by atoms with Crippen LogP contribution < -0.4 is 15.4 Å². The summed E-state index contributed by atoms with van der Waals surface area (Å²) in [5.41, 5.74) is 5.63. The molecule has 3 N–H and O–H groups in total. The Hall–Kier alpha value is -1.52. The lowest BCUT2D eigenvalue weighted by atomic mass is 9.47. The van der Waals surface area contributed by atoms with Gasteiger partial charge in [0.1, 0.15) is 0 Å².